The Morgan fingerprint density at radius 2 is 2.18 bits per heavy atom. The Hall–Kier alpha value is -1.36. The molecule has 3 unspecified atom stereocenters. The summed E-state index contributed by atoms with van der Waals surface area (Å²) >= 11 is 0. The Balaban J connectivity index is 2.73. The van der Waals surface area contributed by atoms with Crippen LogP contribution in [-0.2, 0) is 11.3 Å². The van der Waals surface area contributed by atoms with E-state index in [4.69, 9.17) is 5.11 Å². The fraction of sp³-hybridized carbons (Fsp3) is 0.667. The summed E-state index contributed by atoms with van der Waals surface area (Å²) in [5.74, 6) is -1.82. The van der Waals surface area contributed by atoms with Crippen molar-refractivity contribution in [2.75, 3.05) is 0 Å². The van der Waals surface area contributed by atoms with Crippen LogP contribution in [0, 0.1) is 11.8 Å². The van der Waals surface area contributed by atoms with Gasteiger partial charge in [-0.25, -0.2) is 0 Å². The monoisotopic (exact) mass is 240 g/mol. The Morgan fingerprint density at radius 1 is 1.53 bits per heavy atom. The second-order valence-corrected chi connectivity index (χ2v) is 4.47. The van der Waals surface area contributed by atoms with Gasteiger partial charge in [-0.05, 0) is 12.3 Å². The van der Waals surface area contributed by atoms with E-state index in [0.29, 0.717) is 5.56 Å². The molecule has 0 bridgehead atoms. The van der Waals surface area contributed by atoms with Crippen LogP contribution < -0.4 is 0 Å². The van der Waals surface area contributed by atoms with E-state index in [9.17, 15) is 9.90 Å². The third-order valence-electron chi connectivity index (χ3n) is 3.12. The molecular formula is C12H20N2O3. The number of carboxylic acids is 1. The molecule has 0 aliphatic heterocycles. The maximum Gasteiger partial charge on any atom is 0.306 e. The summed E-state index contributed by atoms with van der Waals surface area (Å²) in [6.45, 7) is 6.19. The summed E-state index contributed by atoms with van der Waals surface area (Å²) in [4.78, 5) is 10.9. The Bertz CT molecular complexity index is 376. The predicted molar refractivity (Wildman–Crippen MR) is 63.4 cm³/mol. The number of hydrogen-bond acceptors (Lipinski definition) is 3. The smallest absolute Gasteiger partial charge is 0.306 e. The summed E-state index contributed by atoms with van der Waals surface area (Å²) in [6, 6.07) is 0. The molecular weight excluding hydrogens is 220 g/mol. The van der Waals surface area contributed by atoms with E-state index in [1.165, 1.54) is 0 Å². The first kappa shape index (κ1) is 13.7. The van der Waals surface area contributed by atoms with Gasteiger partial charge in [0.25, 0.3) is 0 Å². The van der Waals surface area contributed by atoms with Crippen LogP contribution in [0.5, 0.6) is 0 Å². The van der Waals surface area contributed by atoms with Crippen molar-refractivity contribution in [2.24, 2.45) is 11.8 Å². The minimum Gasteiger partial charge on any atom is -0.481 e. The Kier molecular flexibility index (Phi) is 4.69. The van der Waals surface area contributed by atoms with Crippen LogP contribution in [0.1, 0.15) is 38.9 Å². The van der Waals surface area contributed by atoms with E-state index in [-0.39, 0.29) is 5.92 Å². The number of nitrogens with zero attached hydrogens (tertiary/aromatic N) is 2. The van der Waals surface area contributed by atoms with Gasteiger partial charge in [0.05, 0.1) is 18.2 Å². The van der Waals surface area contributed by atoms with Crippen molar-refractivity contribution in [3.05, 3.63) is 18.0 Å². The zero-order valence-electron chi connectivity index (χ0n) is 10.5. The van der Waals surface area contributed by atoms with Gasteiger partial charge in [-0.15, -0.1) is 0 Å². The molecule has 1 heterocycles. The van der Waals surface area contributed by atoms with Crippen molar-refractivity contribution in [1.82, 2.24) is 9.78 Å². The zero-order valence-corrected chi connectivity index (χ0v) is 10.5. The summed E-state index contributed by atoms with van der Waals surface area (Å²) in [7, 11) is 0. The predicted octanol–water partition coefficient (Wildman–Crippen LogP) is 1.68. The number of aliphatic carboxylic acids is 1. The summed E-state index contributed by atoms with van der Waals surface area (Å²) in [5, 5.41) is 23.1. The molecule has 0 aliphatic rings. The van der Waals surface area contributed by atoms with E-state index in [1.54, 1.807) is 30.9 Å². The lowest BCUT2D eigenvalue weighted by atomic mass is 9.88. The summed E-state index contributed by atoms with van der Waals surface area (Å²) in [6.07, 6.45) is 3.56. The Labute approximate surface area is 101 Å². The van der Waals surface area contributed by atoms with Gasteiger partial charge in [0.2, 0.25) is 0 Å². The van der Waals surface area contributed by atoms with E-state index in [1.807, 2.05) is 6.92 Å². The van der Waals surface area contributed by atoms with Gasteiger partial charge in [-0.3, -0.25) is 9.48 Å². The lowest BCUT2D eigenvalue weighted by Gasteiger charge is -2.21. The zero-order chi connectivity index (χ0) is 13.0. The van der Waals surface area contributed by atoms with Gasteiger partial charge in [0.15, 0.2) is 0 Å². The number of aryl methyl sites for hydroxylation is 1. The molecule has 5 heteroatoms. The topological polar surface area (TPSA) is 75.4 Å². The second kappa shape index (κ2) is 5.82. The van der Waals surface area contributed by atoms with Crippen molar-refractivity contribution in [1.29, 1.82) is 0 Å². The molecule has 2 N–H and O–H groups in total. The number of carboxylic acid groups (broad SMARTS) is 1. The number of hydrogen-bond donors (Lipinski definition) is 2. The van der Waals surface area contributed by atoms with Crippen molar-refractivity contribution in [3.8, 4) is 0 Å². The minimum absolute atomic E-state index is 0.341. The first-order valence-electron chi connectivity index (χ1n) is 5.90. The molecule has 17 heavy (non-hydrogen) atoms. The first-order valence-corrected chi connectivity index (χ1v) is 5.90. The van der Waals surface area contributed by atoms with Gasteiger partial charge in [-0.2, -0.15) is 5.10 Å². The maximum atomic E-state index is 10.9. The molecule has 0 saturated heterocycles. The van der Waals surface area contributed by atoms with Crippen LogP contribution in [0.3, 0.4) is 0 Å². The highest BCUT2D eigenvalue weighted by Crippen LogP contribution is 2.27. The highest BCUT2D eigenvalue weighted by molar-refractivity contribution is 5.69. The average molecular weight is 240 g/mol. The number of aromatic nitrogens is 2. The van der Waals surface area contributed by atoms with Crippen molar-refractivity contribution in [3.63, 3.8) is 0 Å². The van der Waals surface area contributed by atoms with E-state index < -0.39 is 18.0 Å². The molecule has 0 radical (unpaired) electrons. The van der Waals surface area contributed by atoms with E-state index >= 15 is 0 Å². The van der Waals surface area contributed by atoms with Gasteiger partial charge in [0, 0.05) is 18.3 Å². The molecule has 1 rings (SSSR count). The Morgan fingerprint density at radius 3 is 2.71 bits per heavy atom. The van der Waals surface area contributed by atoms with Gasteiger partial charge >= 0.3 is 5.97 Å². The van der Waals surface area contributed by atoms with Crippen LogP contribution >= 0.6 is 0 Å². The highest BCUT2D eigenvalue weighted by atomic mass is 16.4. The molecule has 1 aromatic rings. The van der Waals surface area contributed by atoms with Gasteiger partial charge in [-0.1, -0.05) is 20.8 Å². The molecule has 0 fully saturated rings. The van der Waals surface area contributed by atoms with Crippen molar-refractivity contribution in [2.45, 2.75) is 39.8 Å². The first-order chi connectivity index (χ1) is 7.97. The molecule has 1 aromatic heterocycles. The van der Waals surface area contributed by atoms with Crippen LogP contribution in [0.25, 0.3) is 0 Å². The van der Waals surface area contributed by atoms with Crippen molar-refractivity contribution < 1.29 is 15.0 Å². The van der Waals surface area contributed by atoms with Crippen LogP contribution in [-0.4, -0.2) is 26.0 Å². The summed E-state index contributed by atoms with van der Waals surface area (Å²) in [5.41, 5.74) is 0.680. The molecule has 0 amide bonds. The third-order valence-corrected chi connectivity index (χ3v) is 3.12. The molecule has 5 nitrogen and oxygen atoms in total. The second-order valence-electron chi connectivity index (χ2n) is 4.47. The standard InChI is InChI=1S/C12H20N2O3/c1-4-5-14-7-10(6-13-14)11(15)8(2)9(3)12(16)17/h6-9,11,15H,4-5H2,1-3H3,(H,16,17). The number of aliphatic hydroxyl groups excluding tert-OH is 1. The lowest BCUT2D eigenvalue weighted by molar-refractivity contribution is -0.144. The molecule has 0 saturated carbocycles. The van der Waals surface area contributed by atoms with Gasteiger partial charge < -0.3 is 10.2 Å². The van der Waals surface area contributed by atoms with Crippen LogP contribution in [0.15, 0.2) is 12.4 Å². The fourth-order valence-corrected chi connectivity index (χ4v) is 1.69. The molecule has 96 valence electrons. The summed E-state index contributed by atoms with van der Waals surface area (Å²) < 4.78 is 1.76. The molecule has 0 spiro atoms. The third kappa shape index (κ3) is 3.30. The number of rotatable bonds is 6. The van der Waals surface area contributed by atoms with Crippen molar-refractivity contribution >= 4 is 5.97 Å². The normalized spacial score (nSPS) is 16.5. The number of aliphatic hydroxyl groups is 1. The minimum atomic E-state index is -0.891. The molecule has 0 aromatic carbocycles. The average Bonchev–Trinajstić information content (AvgIpc) is 2.75. The lowest BCUT2D eigenvalue weighted by Crippen LogP contribution is -2.23. The molecule has 3 atom stereocenters. The van der Waals surface area contributed by atoms with Gasteiger partial charge in [0.1, 0.15) is 0 Å². The van der Waals surface area contributed by atoms with E-state index in [0.717, 1.165) is 13.0 Å². The molecule has 0 aliphatic carbocycles. The van der Waals surface area contributed by atoms with Crippen LogP contribution in [0.4, 0.5) is 0 Å². The fourth-order valence-electron chi connectivity index (χ4n) is 1.69. The largest absolute Gasteiger partial charge is 0.481 e. The SMILES string of the molecule is CCCn1cc(C(O)C(C)C(C)C(=O)O)cn1. The maximum absolute atomic E-state index is 10.9. The van der Waals surface area contributed by atoms with E-state index in [2.05, 4.69) is 5.10 Å². The highest BCUT2D eigenvalue weighted by Gasteiger charge is 2.27. The quantitative estimate of drug-likeness (QED) is 0.793. The number of carbonyl (C=O) groups is 1. The van der Waals surface area contributed by atoms with Crippen LogP contribution in [0.2, 0.25) is 0 Å².